The van der Waals surface area contributed by atoms with Crippen LogP contribution in [-0.2, 0) is 18.1 Å². The first kappa shape index (κ1) is 16.6. The molecule has 0 aromatic carbocycles. The van der Waals surface area contributed by atoms with E-state index in [1.54, 1.807) is 13.8 Å². The van der Waals surface area contributed by atoms with Crippen LogP contribution in [0.15, 0.2) is 23.8 Å². The van der Waals surface area contributed by atoms with Crippen LogP contribution in [0.5, 0.6) is 0 Å². The fourth-order valence-electron chi connectivity index (χ4n) is 2.06. The van der Waals surface area contributed by atoms with E-state index < -0.39 is 7.82 Å². The Kier molecular flexibility index (Phi) is 7.01. The molecule has 0 N–H and O–H groups in total. The van der Waals surface area contributed by atoms with Crippen molar-refractivity contribution in [2.75, 3.05) is 19.8 Å². The van der Waals surface area contributed by atoms with Crippen LogP contribution in [-0.4, -0.2) is 19.8 Å². The molecular formula is C14H25O4P. The lowest BCUT2D eigenvalue weighted by Gasteiger charge is -2.23. The lowest BCUT2D eigenvalue weighted by molar-refractivity contribution is 0.128. The van der Waals surface area contributed by atoms with Gasteiger partial charge in [-0.05, 0) is 51.5 Å². The maximum absolute atomic E-state index is 12.1. The van der Waals surface area contributed by atoms with Gasteiger partial charge in [0.1, 0.15) is 0 Å². The molecule has 4 nitrogen and oxygen atoms in total. The average Bonchev–Trinajstić information content (AvgIpc) is 2.37. The molecule has 0 heterocycles. The fourth-order valence-corrected chi connectivity index (χ4v) is 3.24. The van der Waals surface area contributed by atoms with Gasteiger partial charge >= 0.3 is 7.82 Å². The van der Waals surface area contributed by atoms with Crippen molar-refractivity contribution >= 4 is 7.82 Å². The molecule has 0 aromatic rings. The van der Waals surface area contributed by atoms with E-state index in [1.807, 2.05) is 0 Å². The summed E-state index contributed by atoms with van der Waals surface area (Å²) in [6.45, 7) is 10.5. The lowest BCUT2D eigenvalue weighted by atomic mass is 9.86. The lowest BCUT2D eigenvalue weighted by Crippen LogP contribution is -2.10. The third-order valence-electron chi connectivity index (χ3n) is 3.18. The molecule has 0 fully saturated rings. The van der Waals surface area contributed by atoms with Crippen LogP contribution in [0.1, 0.15) is 40.0 Å². The minimum absolute atomic E-state index is 0.314. The highest BCUT2D eigenvalue weighted by atomic mass is 31.2. The molecule has 1 aliphatic rings. The average molecular weight is 288 g/mol. The monoisotopic (exact) mass is 288 g/mol. The Morgan fingerprint density at radius 3 is 2.42 bits per heavy atom. The van der Waals surface area contributed by atoms with Gasteiger partial charge < -0.3 is 0 Å². The molecule has 1 rings (SSSR count). The van der Waals surface area contributed by atoms with E-state index in [2.05, 4.69) is 19.6 Å². The summed E-state index contributed by atoms with van der Waals surface area (Å²) < 4.78 is 27.7. The smallest absolute Gasteiger partial charge is 0.287 e. The molecule has 1 atom stereocenters. The maximum Gasteiger partial charge on any atom is 0.475 e. The van der Waals surface area contributed by atoms with E-state index in [-0.39, 0.29) is 0 Å². The summed E-state index contributed by atoms with van der Waals surface area (Å²) in [5.74, 6) is 0.564. The van der Waals surface area contributed by atoms with Gasteiger partial charge in [-0.2, -0.15) is 0 Å². The van der Waals surface area contributed by atoms with Crippen LogP contribution in [0.25, 0.3) is 0 Å². The Morgan fingerprint density at radius 2 is 2.00 bits per heavy atom. The third kappa shape index (κ3) is 5.62. The summed E-state index contributed by atoms with van der Waals surface area (Å²) in [7, 11) is -3.38. The second-order valence-electron chi connectivity index (χ2n) is 4.74. The van der Waals surface area contributed by atoms with Crippen LogP contribution in [0.2, 0.25) is 0 Å². The topological polar surface area (TPSA) is 44.8 Å². The highest BCUT2D eigenvalue weighted by Gasteiger charge is 2.26. The van der Waals surface area contributed by atoms with E-state index in [0.29, 0.717) is 25.7 Å². The number of hydrogen-bond donors (Lipinski definition) is 0. The summed E-state index contributed by atoms with van der Waals surface area (Å²) in [6, 6.07) is 0. The van der Waals surface area contributed by atoms with Gasteiger partial charge in [-0.3, -0.25) is 13.6 Å². The zero-order valence-electron chi connectivity index (χ0n) is 12.2. The van der Waals surface area contributed by atoms with E-state index in [0.717, 1.165) is 24.8 Å². The quantitative estimate of drug-likeness (QED) is 0.487. The van der Waals surface area contributed by atoms with Crippen molar-refractivity contribution in [3.05, 3.63) is 23.8 Å². The molecule has 0 spiro atoms. The fraction of sp³-hybridized carbons (Fsp3) is 0.714. The van der Waals surface area contributed by atoms with Gasteiger partial charge in [0.05, 0.1) is 19.8 Å². The Morgan fingerprint density at radius 1 is 1.37 bits per heavy atom. The van der Waals surface area contributed by atoms with Crippen molar-refractivity contribution in [3.8, 4) is 0 Å². The highest BCUT2D eigenvalue weighted by molar-refractivity contribution is 7.48. The Hall–Kier alpha value is -0.410. The summed E-state index contributed by atoms with van der Waals surface area (Å²) in [4.78, 5) is 0. The minimum atomic E-state index is -3.38. The number of phosphoric ester groups is 1. The number of rotatable bonds is 8. The Balaban J connectivity index is 2.47. The van der Waals surface area contributed by atoms with Crippen molar-refractivity contribution in [2.24, 2.45) is 5.92 Å². The van der Waals surface area contributed by atoms with Crippen molar-refractivity contribution in [1.82, 2.24) is 0 Å². The molecule has 0 saturated heterocycles. The molecule has 0 saturated carbocycles. The second-order valence-corrected chi connectivity index (χ2v) is 6.41. The number of hydrogen-bond acceptors (Lipinski definition) is 4. The molecule has 5 heteroatoms. The molecule has 0 amide bonds. The van der Waals surface area contributed by atoms with Crippen molar-refractivity contribution in [3.63, 3.8) is 0 Å². The van der Waals surface area contributed by atoms with Crippen LogP contribution >= 0.6 is 7.82 Å². The van der Waals surface area contributed by atoms with E-state index in [4.69, 9.17) is 13.6 Å². The van der Waals surface area contributed by atoms with Gasteiger partial charge in [0.25, 0.3) is 0 Å². The van der Waals surface area contributed by atoms with Gasteiger partial charge in [-0.15, -0.1) is 0 Å². The van der Waals surface area contributed by atoms with Crippen LogP contribution in [0, 0.1) is 5.92 Å². The van der Waals surface area contributed by atoms with Crippen molar-refractivity contribution < 1.29 is 18.1 Å². The van der Waals surface area contributed by atoms with Gasteiger partial charge in [0.2, 0.25) is 0 Å². The number of allylic oxidation sites excluding steroid dienone is 2. The predicted molar refractivity (Wildman–Crippen MR) is 77.0 cm³/mol. The molecule has 0 radical (unpaired) electrons. The summed E-state index contributed by atoms with van der Waals surface area (Å²) in [5.41, 5.74) is 2.39. The predicted octanol–water partition coefficient (Wildman–Crippen LogP) is 4.49. The zero-order valence-corrected chi connectivity index (χ0v) is 13.1. The van der Waals surface area contributed by atoms with E-state index >= 15 is 0 Å². The molecular weight excluding hydrogens is 263 g/mol. The molecule has 19 heavy (non-hydrogen) atoms. The molecule has 0 aliphatic heterocycles. The first-order chi connectivity index (χ1) is 9.00. The van der Waals surface area contributed by atoms with E-state index in [9.17, 15) is 4.57 Å². The molecule has 1 aliphatic carbocycles. The van der Waals surface area contributed by atoms with Crippen molar-refractivity contribution in [2.45, 2.75) is 40.0 Å². The summed E-state index contributed by atoms with van der Waals surface area (Å²) >= 11 is 0. The van der Waals surface area contributed by atoms with Crippen LogP contribution < -0.4 is 0 Å². The van der Waals surface area contributed by atoms with Gasteiger partial charge in [0, 0.05) is 0 Å². The summed E-state index contributed by atoms with van der Waals surface area (Å²) in [5, 5.41) is 0. The van der Waals surface area contributed by atoms with Gasteiger partial charge in [-0.1, -0.05) is 18.2 Å². The first-order valence-corrected chi connectivity index (χ1v) is 8.33. The highest BCUT2D eigenvalue weighted by Crippen LogP contribution is 2.49. The standard InChI is InChI=1S/C14H25O4P/c1-5-16-19(15,17-6-2)18-11-13-7-9-14(10-8-13)12(3)4/h7,14H,3,5-6,8-11H2,1-2,4H3. The zero-order chi connectivity index (χ0) is 14.3. The maximum atomic E-state index is 12.1. The molecule has 110 valence electrons. The summed E-state index contributed by atoms with van der Waals surface area (Å²) in [6.07, 6.45) is 5.18. The number of phosphoric acid groups is 1. The SMILES string of the molecule is C=C(C)C1CC=C(COP(=O)(OCC)OCC)CC1. The Labute approximate surface area is 116 Å². The largest absolute Gasteiger partial charge is 0.475 e. The third-order valence-corrected chi connectivity index (χ3v) is 4.78. The Bertz CT molecular complexity index is 366. The van der Waals surface area contributed by atoms with Crippen LogP contribution in [0.4, 0.5) is 0 Å². The second kappa shape index (κ2) is 8.01. The molecule has 0 bridgehead atoms. The minimum Gasteiger partial charge on any atom is -0.287 e. The van der Waals surface area contributed by atoms with Gasteiger partial charge in [-0.25, -0.2) is 4.57 Å². The molecule has 0 aromatic heterocycles. The molecule has 1 unspecified atom stereocenters. The first-order valence-electron chi connectivity index (χ1n) is 6.87. The van der Waals surface area contributed by atoms with Crippen molar-refractivity contribution in [1.29, 1.82) is 0 Å². The van der Waals surface area contributed by atoms with E-state index in [1.165, 1.54) is 5.57 Å². The van der Waals surface area contributed by atoms with Crippen LogP contribution in [0.3, 0.4) is 0 Å². The normalized spacial score (nSPS) is 20.2. The van der Waals surface area contributed by atoms with Gasteiger partial charge in [0.15, 0.2) is 0 Å².